The van der Waals surface area contributed by atoms with Gasteiger partial charge in [0.05, 0.1) is 12.2 Å². The molecular weight excluding hydrogens is 400 g/mol. The Kier molecular flexibility index (Phi) is 6.70. The zero-order chi connectivity index (χ0) is 20.1. The van der Waals surface area contributed by atoms with E-state index in [-0.39, 0.29) is 0 Å². The first kappa shape index (κ1) is 20.8. The molecule has 1 N–H and O–H groups in total. The summed E-state index contributed by atoms with van der Waals surface area (Å²) >= 11 is 1.28. The Hall–Kier alpha value is -1.95. The monoisotopic (exact) mass is 426 g/mol. The molecule has 0 saturated carbocycles. The van der Waals surface area contributed by atoms with E-state index in [1.165, 1.54) is 29.7 Å². The Balaban J connectivity index is 1.51. The topological polar surface area (TPSA) is 94.3 Å². The molecule has 0 bridgehead atoms. The highest BCUT2D eigenvalue weighted by Crippen LogP contribution is 2.23. The van der Waals surface area contributed by atoms with Crippen molar-refractivity contribution in [3.8, 4) is 0 Å². The summed E-state index contributed by atoms with van der Waals surface area (Å²) in [4.78, 5) is 9.87. The van der Waals surface area contributed by atoms with Crippen LogP contribution < -0.4 is 5.32 Å². The van der Waals surface area contributed by atoms with E-state index < -0.39 is 10.0 Å². The standard InChI is InChI=1S/C17H26N6O3S2/c1-18-17(19-12-15-4-5-16(27-15)28(24,25)21(2)3)23-9-7-22(8-10-23)13-14-6-11-26-20-14/h4-6,11H,7-10,12-13H2,1-3H3,(H,18,19). The lowest BCUT2D eigenvalue weighted by molar-refractivity contribution is 0.169. The molecule has 28 heavy (non-hydrogen) atoms. The SMILES string of the molecule is CN=C(NCc1ccc(S(=O)(=O)N(C)C)s1)N1CCN(Cc2ccon2)CC1. The van der Waals surface area contributed by atoms with Gasteiger partial charge < -0.3 is 14.7 Å². The van der Waals surface area contributed by atoms with Crippen LogP contribution in [0.3, 0.4) is 0 Å². The molecule has 1 fully saturated rings. The van der Waals surface area contributed by atoms with Crippen molar-refractivity contribution < 1.29 is 12.9 Å². The summed E-state index contributed by atoms with van der Waals surface area (Å²) in [6, 6.07) is 5.39. The molecule has 0 amide bonds. The minimum absolute atomic E-state index is 0.353. The van der Waals surface area contributed by atoms with Crippen molar-refractivity contribution in [2.75, 3.05) is 47.3 Å². The zero-order valence-electron chi connectivity index (χ0n) is 16.3. The van der Waals surface area contributed by atoms with Gasteiger partial charge in [-0.3, -0.25) is 9.89 Å². The number of nitrogens with zero attached hydrogens (tertiary/aromatic N) is 5. The first-order valence-corrected chi connectivity index (χ1v) is 11.2. The molecule has 1 aliphatic rings. The normalized spacial score (nSPS) is 16.7. The highest BCUT2D eigenvalue weighted by atomic mass is 32.2. The third-order valence-electron chi connectivity index (χ3n) is 4.55. The molecule has 1 saturated heterocycles. The van der Waals surface area contributed by atoms with E-state index in [2.05, 4.69) is 25.3 Å². The van der Waals surface area contributed by atoms with Gasteiger partial charge in [0.1, 0.15) is 10.5 Å². The second-order valence-electron chi connectivity index (χ2n) is 6.66. The minimum Gasteiger partial charge on any atom is -0.364 e. The summed E-state index contributed by atoms with van der Waals surface area (Å²) in [5.74, 6) is 0.825. The van der Waals surface area contributed by atoms with Crippen LogP contribution in [0.4, 0.5) is 0 Å². The fraction of sp³-hybridized carbons (Fsp3) is 0.529. The molecule has 154 valence electrons. The largest absolute Gasteiger partial charge is 0.364 e. The lowest BCUT2D eigenvalue weighted by Gasteiger charge is -2.36. The molecule has 0 spiro atoms. The van der Waals surface area contributed by atoms with E-state index in [9.17, 15) is 8.42 Å². The Morgan fingerprint density at radius 2 is 2.04 bits per heavy atom. The van der Waals surface area contributed by atoms with E-state index in [1.807, 2.05) is 12.1 Å². The first-order chi connectivity index (χ1) is 13.4. The van der Waals surface area contributed by atoms with Crippen molar-refractivity contribution in [1.82, 2.24) is 24.6 Å². The van der Waals surface area contributed by atoms with Crippen LogP contribution in [0.5, 0.6) is 0 Å². The molecule has 2 aromatic rings. The molecule has 1 aliphatic heterocycles. The fourth-order valence-electron chi connectivity index (χ4n) is 2.94. The van der Waals surface area contributed by atoms with Gasteiger partial charge in [-0.25, -0.2) is 12.7 Å². The second kappa shape index (κ2) is 9.03. The quantitative estimate of drug-likeness (QED) is 0.541. The van der Waals surface area contributed by atoms with Crippen LogP contribution >= 0.6 is 11.3 Å². The minimum atomic E-state index is -3.38. The maximum Gasteiger partial charge on any atom is 0.252 e. The molecule has 3 heterocycles. The van der Waals surface area contributed by atoms with Gasteiger partial charge >= 0.3 is 0 Å². The maximum absolute atomic E-state index is 12.2. The summed E-state index contributed by atoms with van der Waals surface area (Å²) in [5, 5.41) is 7.30. The van der Waals surface area contributed by atoms with Gasteiger partial charge in [-0.05, 0) is 12.1 Å². The Morgan fingerprint density at radius 1 is 1.29 bits per heavy atom. The van der Waals surface area contributed by atoms with Crippen LogP contribution in [-0.2, 0) is 23.1 Å². The van der Waals surface area contributed by atoms with E-state index in [4.69, 9.17) is 4.52 Å². The highest BCUT2D eigenvalue weighted by Gasteiger charge is 2.22. The summed E-state index contributed by atoms with van der Waals surface area (Å²) < 4.78 is 30.9. The number of piperazine rings is 1. The lowest BCUT2D eigenvalue weighted by Crippen LogP contribution is -2.52. The third-order valence-corrected chi connectivity index (χ3v) is 7.92. The van der Waals surface area contributed by atoms with Crippen LogP contribution in [0.25, 0.3) is 0 Å². The molecule has 9 nitrogen and oxygen atoms in total. The number of aliphatic imine (C=N–C) groups is 1. The van der Waals surface area contributed by atoms with Crippen LogP contribution in [0.1, 0.15) is 10.6 Å². The molecule has 0 atom stereocenters. The van der Waals surface area contributed by atoms with Crippen molar-refractivity contribution in [1.29, 1.82) is 0 Å². The predicted molar refractivity (Wildman–Crippen MR) is 109 cm³/mol. The molecule has 0 unspecified atom stereocenters. The number of hydrogen-bond donors (Lipinski definition) is 1. The lowest BCUT2D eigenvalue weighted by atomic mass is 10.3. The maximum atomic E-state index is 12.2. The molecule has 11 heteroatoms. The number of thiophene rings is 1. The Bertz CT molecular complexity index is 884. The summed E-state index contributed by atoms with van der Waals surface area (Å²) in [7, 11) is 1.46. The van der Waals surface area contributed by atoms with Gasteiger partial charge in [-0.15, -0.1) is 11.3 Å². The molecule has 0 radical (unpaired) electrons. The summed E-state index contributed by atoms with van der Waals surface area (Å²) in [5.41, 5.74) is 0.942. The van der Waals surface area contributed by atoms with Crippen LogP contribution in [0.2, 0.25) is 0 Å². The van der Waals surface area contributed by atoms with Crippen LogP contribution in [0.15, 0.2) is 38.2 Å². The van der Waals surface area contributed by atoms with E-state index >= 15 is 0 Å². The van der Waals surface area contributed by atoms with E-state index in [0.29, 0.717) is 10.8 Å². The van der Waals surface area contributed by atoms with Crippen molar-refractivity contribution in [2.45, 2.75) is 17.3 Å². The van der Waals surface area contributed by atoms with E-state index in [1.54, 1.807) is 19.4 Å². The van der Waals surface area contributed by atoms with Crippen molar-refractivity contribution >= 4 is 27.3 Å². The van der Waals surface area contributed by atoms with Gasteiger partial charge in [0, 0.05) is 64.8 Å². The number of guanidine groups is 1. The number of hydrogen-bond acceptors (Lipinski definition) is 7. The predicted octanol–water partition coefficient (Wildman–Crippen LogP) is 0.880. The average Bonchev–Trinajstić information content (AvgIpc) is 3.35. The molecular formula is C17H26N6O3S2. The Labute approximate surface area is 169 Å². The second-order valence-corrected chi connectivity index (χ2v) is 10.2. The van der Waals surface area contributed by atoms with Crippen molar-refractivity contribution in [2.24, 2.45) is 4.99 Å². The number of nitrogens with one attached hydrogen (secondary N) is 1. The van der Waals surface area contributed by atoms with Gasteiger partial charge in [0.2, 0.25) is 0 Å². The summed E-state index contributed by atoms with van der Waals surface area (Å²) in [6.07, 6.45) is 1.59. The zero-order valence-corrected chi connectivity index (χ0v) is 18.0. The van der Waals surface area contributed by atoms with Crippen molar-refractivity contribution in [3.05, 3.63) is 35.0 Å². The van der Waals surface area contributed by atoms with Gasteiger partial charge in [0.15, 0.2) is 5.96 Å². The fourth-order valence-corrected chi connectivity index (χ4v) is 5.40. The molecule has 2 aromatic heterocycles. The van der Waals surface area contributed by atoms with Crippen LogP contribution in [-0.4, -0.2) is 81.0 Å². The molecule has 3 rings (SSSR count). The van der Waals surface area contributed by atoms with Gasteiger partial charge in [-0.1, -0.05) is 5.16 Å². The van der Waals surface area contributed by atoms with Crippen LogP contribution in [0, 0.1) is 0 Å². The number of rotatable bonds is 6. The first-order valence-electron chi connectivity index (χ1n) is 8.98. The van der Waals surface area contributed by atoms with Gasteiger partial charge in [0.25, 0.3) is 10.0 Å². The average molecular weight is 427 g/mol. The highest BCUT2D eigenvalue weighted by molar-refractivity contribution is 7.91. The molecule has 0 aromatic carbocycles. The van der Waals surface area contributed by atoms with E-state index in [0.717, 1.165) is 49.3 Å². The summed E-state index contributed by atoms with van der Waals surface area (Å²) in [6.45, 7) is 4.88. The third kappa shape index (κ3) is 4.90. The smallest absolute Gasteiger partial charge is 0.252 e. The number of sulfonamides is 1. The van der Waals surface area contributed by atoms with Gasteiger partial charge in [-0.2, -0.15) is 0 Å². The Morgan fingerprint density at radius 3 is 2.64 bits per heavy atom. The number of aromatic nitrogens is 1. The molecule has 0 aliphatic carbocycles. The van der Waals surface area contributed by atoms with Crippen molar-refractivity contribution in [3.63, 3.8) is 0 Å².